The van der Waals surface area contributed by atoms with E-state index in [-0.39, 0.29) is 0 Å². The van der Waals surface area contributed by atoms with Crippen molar-refractivity contribution in [2.45, 2.75) is 103 Å². The summed E-state index contributed by atoms with van der Waals surface area (Å²) in [5.41, 5.74) is 0. The van der Waals surface area contributed by atoms with Gasteiger partial charge in [-0.15, -0.1) is 0 Å². The molecular formula is C17H33O3-. The smallest absolute Gasteiger partial charge is 0.0933 e. The van der Waals surface area contributed by atoms with Crippen molar-refractivity contribution in [3.05, 3.63) is 0 Å². The Morgan fingerprint density at radius 3 is 1.50 bits per heavy atom. The number of rotatable bonds is 15. The van der Waals surface area contributed by atoms with Crippen molar-refractivity contribution in [2.24, 2.45) is 0 Å². The summed E-state index contributed by atoms with van der Waals surface area (Å²) >= 11 is 0. The summed E-state index contributed by atoms with van der Waals surface area (Å²) in [6.45, 7) is 2.25. The van der Waals surface area contributed by atoms with Gasteiger partial charge in [-0.1, -0.05) is 90.4 Å². The molecule has 0 aliphatic rings. The molecule has 0 fully saturated rings. The first-order chi connectivity index (χ1) is 9.68. The van der Waals surface area contributed by atoms with Crippen LogP contribution >= 0.6 is 0 Å². The minimum Gasteiger partial charge on any atom is -0.547 e. The fourth-order valence-corrected chi connectivity index (χ4v) is 2.47. The highest BCUT2D eigenvalue weighted by Gasteiger charge is 2.03. The second-order valence-corrected chi connectivity index (χ2v) is 5.87. The van der Waals surface area contributed by atoms with Crippen LogP contribution in [0.3, 0.4) is 0 Å². The van der Waals surface area contributed by atoms with Crippen LogP contribution in [-0.2, 0) is 4.79 Å². The van der Waals surface area contributed by atoms with Crippen molar-refractivity contribution >= 4 is 5.97 Å². The highest BCUT2D eigenvalue weighted by atomic mass is 16.4. The third-order valence-corrected chi connectivity index (χ3v) is 3.85. The first kappa shape index (κ1) is 19.4. The lowest BCUT2D eigenvalue weighted by Crippen LogP contribution is -2.35. The van der Waals surface area contributed by atoms with Crippen LogP contribution in [0.15, 0.2) is 0 Å². The Balaban J connectivity index is 3.04. The molecule has 0 saturated carbocycles. The molecule has 120 valence electrons. The second kappa shape index (κ2) is 14.8. The molecule has 3 nitrogen and oxygen atoms in total. The topological polar surface area (TPSA) is 60.4 Å². The van der Waals surface area contributed by atoms with E-state index in [4.69, 9.17) is 5.11 Å². The van der Waals surface area contributed by atoms with Crippen LogP contribution in [-0.4, -0.2) is 17.2 Å². The van der Waals surface area contributed by atoms with Crippen LogP contribution in [0.5, 0.6) is 0 Å². The minimum absolute atomic E-state index is 0.333. The van der Waals surface area contributed by atoms with E-state index in [9.17, 15) is 9.90 Å². The standard InChI is InChI=1S/C17H34O3/c1-2-3-4-5-6-7-8-9-10-11-12-13-14-15-16(18)17(19)20/h16,18H,2-15H2,1H3,(H,19,20)/p-1. The van der Waals surface area contributed by atoms with Gasteiger partial charge in [-0.2, -0.15) is 0 Å². The Labute approximate surface area is 124 Å². The monoisotopic (exact) mass is 285 g/mol. The number of hydrogen-bond donors (Lipinski definition) is 1. The molecule has 0 bridgehead atoms. The summed E-state index contributed by atoms with van der Waals surface area (Å²) in [5, 5.41) is 19.3. The highest BCUT2D eigenvalue weighted by Crippen LogP contribution is 2.13. The molecule has 0 rings (SSSR count). The summed E-state index contributed by atoms with van der Waals surface area (Å²) < 4.78 is 0. The lowest BCUT2D eigenvalue weighted by Gasteiger charge is -2.10. The third-order valence-electron chi connectivity index (χ3n) is 3.85. The molecular weight excluding hydrogens is 252 g/mol. The predicted octanol–water partition coefficient (Wildman–Crippen LogP) is 3.58. The summed E-state index contributed by atoms with van der Waals surface area (Å²) in [7, 11) is 0. The van der Waals surface area contributed by atoms with Crippen molar-refractivity contribution in [1.29, 1.82) is 0 Å². The van der Waals surface area contributed by atoms with Gasteiger partial charge in [0.2, 0.25) is 0 Å². The summed E-state index contributed by atoms with van der Waals surface area (Å²) in [6.07, 6.45) is 15.5. The van der Waals surface area contributed by atoms with Gasteiger partial charge in [0.25, 0.3) is 0 Å². The number of carboxylic acid groups (broad SMARTS) is 1. The normalized spacial score (nSPS) is 12.5. The molecule has 0 aromatic rings. The average Bonchev–Trinajstić information content (AvgIpc) is 2.43. The molecule has 1 atom stereocenters. The molecule has 0 aromatic heterocycles. The number of aliphatic hydroxyl groups excluding tert-OH is 1. The number of hydrogen-bond acceptors (Lipinski definition) is 3. The van der Waals surface area contributed by atoms with E-state index in [1.54, 1.807) is 0 Å². The van der Waals surface area contributed by atoms with Crippen molar-refractivity contribution in [1.82, 2.24) is 0 Å². The maximum Gasteiger partial charge on any atom is 0.0933 e. The maximum absolute atomic E-state index is 10.3. The van der Waals surface area contributed by atoms with Gasteiger partial charge >= 0.3 is 0 Å². The summed E-state index contributed by atoms with van der Waals surface area (Å²) in [5.74, 6) is -1.34. The van der Waals surface area contributed by atoms with E-state index < -0.39 is 12.1 Å². The molecule has 0 spiro atoms. The molecule has 1 unspecified atom stereocenters. The van der Waals surface area contributed by atoms with E-state index in [0.717, 1.165) is 19.3 Å². The van der Waals surface area contributed by atoms with E-state index in [2.05, 4.69) is 6.92 Å². The van der Waals surface area contributed by atoms with Crippen molar-refractivity contribution in [3.8, 4) is 0 Å². The van der Waals surface area contributed by atoms with Crippen molar-refractivity contribution < 1.29 is 15.0 Å². The molecule has 3 heteroatoms. The zero-order valence-electron chi connectivity index (χ0n) is 13.2. The zero-order valence-corrected chi connectivity index (χ0v) is 13.2. The van der Waals surface area contributed by atoms with Crippen LogP contribution in [0.2, 0.25) is 0 Å². The highest BCUT2D eigenvalue weighted by molar-refractivity contribution is 5.69. The fraction of sp³-hybridized carbons (Fsp3) is 0.941. The van der Waals surface area contributed by atoms with Gasteiger partial charge in [-0.05, 0) is 6.42 Å². The van der Waals surface area contributed by atoms with Crippen molar-refractivity contribution in [2.75, 3.05) is 0 Å². The molecule has 0 aliphatic heterocycles. The number of carboxylic acids is 1. The first-order valence-electron chi connectivity index (χ1n) is 8.57. The number of carbonyl (C=O) groups excluding carboxylic acids is 1. The van der Waals surface area contributed by atoms with E-state index in [1.165, 1.54) is 64.2 Å². The molecule has 0 saturated heterocycles. The fourth-order valence-electron chi connectivity index (χ4n) is 2.47. The molecule has 1 N–H and O–H groups in total. The van der Waals surface area contributed by atoms with Crippen LogP contribution in [0, 0.1) is 0 Å². The van der Waals surface area contributed by atoms with Gasteiger partial charge in [-0.3, -0.25) is 0 Å². The van der Waals surface area contributed by atoms with Gasteiger partial charge in [0, 0.05) is 0 Å². The van der Waals surface area contributed by atoms with Gasteiger partial charge in [-0.25, -0.2) is 0 Å². The van der Waals surface area contributed by atoms with Gasteiger partial charge in [0.05, 0.1) is 12.1 Å². The molecule has 20 heavy (non-hydrogen) atoms. The summed E-state index contributed by atoms with van der Waals surface area (Å²) in [4.78, 5) is 10.3. The van der Waals surface area contributed by atoms with Gasteiger partial charge in [0.15, 0.2) is 0 Å². The van der Waals surface area contributed by atoms with E-state index >= 15 is 0 Å². The Kier molecular flexibility index (Phi) is 14.4. The SMILES string of the molecule is CCCCCCCCCCCCCCCC(O)C(=O)[O-]. The predicted molar refractivity (Wildman–Crippen MR) is 81.3 cm³/mol. The van der Waals surface area contributed by atoms with E-state index in [0.29, 0.717) is 6.42 Å². The van der Waals surface area contributed by atoms with Crippen molar-refractivity contribution in [3.63, 3.8) is 0 Å². The molecule has 0 amide bonds. The van der Waals surface area contributed by atoms with Gasteiger partial charge < -0.3 is 15.0 Å². The quantitative estimate of drug-likeness (QED) is 0.468. The average molecular weight is 285 g/mol. The molecule has 0 heterocycles. The minimum atomic E-state index is -1.34. The third kappa shape index (κ3) is 13.9. The number of aliphatic carboxylic acids is 1. The molecule has 0 aliphatic carbocycles. The van der Waals surface area contributed by atoms with Crippen LogP contribution in [0.4, 0.5) is 0 Å². The molecule has 0 radical (unpaired) electrons. The van der Waals surface area contributed by atoms with E-state index in [1.807, 2.05) is 0 Å². The molecule has 0 aromatic carbocycles. The van der Waals surface area contributed by atoms with Crippen LogP contribution in [0.25, 0.3) is 0 Å². The van der Waals surface area contributed by atoms with Gasteiger partial charge in [0.1, 0.15) is 0 Å². The maximum atomic E-state index is 10.3. The Hall–Kier alpha value is -0.570. The second-order valence-electron chi connectivity index (χ2n) is 5.87. The first-order valence-corrected chi connectivity index (χ1v) is 8.57. The lowest BCUT2D eigenvalue weighted by molar-refractivity contribution is -0.315. The largest absolute Gasteiger partial charge is 0.547 e. The number of unbranched alkanes of at least 4 members (excludes halogenated alkanes) is 12. The lowest BCUT2D eigenvalue weighted by atomic mass is 10.0. The number of carbonyl (C=O) groups is 1. The Morgan fingerprint density at radius 2 is 1.15 bits per heavy atom. The summed E-state index contributed by atoms with van der Waals surface area (Å²) in [6, 6.07) is 0. The zero-order chi connectivity index (χ0) is 15.1. The number of aliphatic hydroxyl groups is 1. The Morgan fingerprint density at radius 1 is 0.800 bits per heavy atom. The Bertz CT molecular complexity index is 216. The van der Waals surface area contributed by atoms with Crippen LogP contribution in [0.1, 0.15) is 96.8 Å². The van der Waals surface area contributed by atoms with Crippen LogP contribution < -0.4 is 5.11 Å².